The standard InChI is InChI=1S/C14H25N3O/c15-10-11-2-1-3-13(11)14(18)17-8-6-16(7-9-17)12-4-5-12/h11-13H,1-10,15H2/t11-,13-/m1/s1. The van der Waals surface area contributed by atoms with E-state index in [-0.39, 0.29) is 5.92 Å². The van der Waals surface area contributed by atoms with Crippen LogP contribution in [0.3, 0.4) is 0 Å². The number of nitrogens with zero attached hydrogens (tertiary/aromatic N) is 2. The van der Waals surface area contributed by atoms with Gasteiger partial charge in [-0.1, -0.05) is 6.42 Å². The molecule has 2 atom stereocenters. The highest BCUT2D eigenvalue weighted by Gasteiger charge is 2.37. The molecule has 3 rings (SSSR count). The second kappa shape index (κ2) is 5.17. The molecule has 2 saturated carbocycles. The van der Waals surface area contributed by atoms with E-state index in [2.05, 4.69) is 9.80 Å². The predicted molar refractivity (Wildman–Crippen MR) is 71.1 cm³/mol. The van der Waals surface area contributed by atoms with Gasteiger partial charge in [0.05, 0.1) is 0 Å². The minimum absolute atomic E-state index is 0.225. The van der Waals surface area contributed by atoms with E-state index < -0.39 is 0 Å². The van der Waals surface area contributed by atoms with Crippen LogP contribution in [-0.2, 0) is 4.79 Å². The largest absolute Gasteiger partial charge is 0.340 e. The Morgan fingerprint density at radius 1 is 1.06 bits per heavy atom. The Morgan fingerprint density at radius 3 is 2.39 bits per heavy atom. The van der Waals surface area contributed by atoms with E-state index >= 15 is 0 Å². The van der Waals surface area contributed by atoms with E-state index in [0.717, 1.165) is 45.1 Å². The number of hydrogen-bond donors (Lipinski definition) is 1. The quantitative estimate of drug-likeness (QED) is 0.802. The molecule has 1 aliphatic heterocycles. The summed E-state index contributed by atoms with van der Waals surface area (Å²) in [5.41, 5.74) is 5.78. The molecule has 0 aromatic heterocycles. The summed E-state index contributed by atoms with van der Waals surface area (Å²) in [6, 6.07) is 0.838. The van der Waals surface area contributed by atoms with Gasteiger partial charge in [0.15, 0.2) is 0 Å². The van der Waals surface area contributed by atoms with E-state index in [1.165, 1.54) is 19.3 Å². The summed E-state index contributed by atoms with van der Waals surface area (Å²) in [6.07, 6.45) is 6.12. The van der Waals surface area contributed by atoms with Crippen molar-refractivity contribution in [2.75, 3.05) is 32.7 Å². The Hall–Kier alpha value is -0.610. The van der Waals surface area contributed by atoms with Crippen LogP contribution in [0.2, 0.25) is 0 Å². The summed E-state index contributed by atoms with van der Waals surface area (Å²) < 4.78 is 0. The third kappa shape index (κ3) is 2.41. The maximum absolute atomic E-state index is 12.5. The first-order valence-electron chi connectivity index (χ1n) is 7.52. The van der Waals surface area contributed by atoms with Gasteiger partial charge in [0, 0.05) is 38.1 Å². The second-order valence-corrected chi connectivity index (χ2v) is 6.13. The average molecular weight is 251 g/mol. The van der Waals surface area contributed by atoms with E-state index in [4.69, 9.17) is 5.73 Å². The first-order valence-corrected chi connectivity index (χ1v) is 7.52. The molecule has 4 heteroatoms. The topological polar surface area (TPSA) is 49.6 Å². The lowest BCUT2D eigenvalue weighted by Crippen LogP contribution is -2.51. The highest BCUT2D eigenvalue weighted by molar-refractivity contribution is 5.79. The van der Waals surface area contributed by atoms with E-state index in [1.54, 1.807) is 0 Å². The molecule has 2 N–H and O–H groups in total. The molecule has 18 heavy (non-hydrogen) atoms. The molecule has 1 heterocycles. The van der Waals surface area contributed by atoms with Crippen molar-refractivity contribution < 1.29 is 4.79 Å². The molecule has 1 amide bonds. The minimum Gasteiger partial charge on any atom is -0.340 e. The van der Waals surface area contributed by atoms with Crippen molar-refractivity contribution in [2.24, 2.45) is 17.6 Å². The van der Waals surface area contributed by atoms with Crippen molar-refractivity contribution in [3.63, 3.8) is 0 Å². The first-order chi connectivity index (χ1) is 8.79. The SMILES string of the molecule is NC[C@H]1CCC[C@H]1C(=O)N1CCN(C2CC2)CC1. The average Bonchev–Trinajstić information content (AvgIpc) is 3.16. The van der Waals surface area contributed by atoms with Crippen molar-refractivity contribution in [1.29, 1.82) is 0 Å². The fraction of sp³-hybridized carbons (Fsp3) is 0.929. The molecule has 0 unspecified atom stereocenters. The van der Waals surface area contributed by atoms with Crippen molar-refractivity contribution >= 4 is 5.91 Å². The molecule has 0 aromatic rings. The molecule has 2 aliphatic carbocycles. The molecule has 3 fully saturated rings. The summed E-state index contributed by atoms with van der Waals surface area (Å²) >= 11 is 0. The molecule has 3 aliphatic rings. The van der Waals surface area contributed by atoms with Gasteiger partial charge < -0.3 is 10.6 Å². The fourth-order valence-corrected chi connectivity index (χ4v) is 3.63. The van der Waals surface area contributed by atoms with Gasteiger partial charge in [-0.15, -0.1) is 0 Å². The summed E-state index contributed by atoms with van der Waals surface area (Å²) in [7, 11) is 0. The van der Waals surface area contributed by atoms with Gasteiger partial charge in [-0.05, 0) is 38.1 Å². The third-order valence-corrected chi connectivity index (χ3v) is 4.97. The van der Waals surface area contributed by atoms with E-state index in [9.17, 15) is 4.79 Å². The van der Waals surface area contributed by atoms with Crippen LogP contribution in [0.1, 0.15) is 32.1 Å². The summed E-state index contributed by atoms with van der Waals surface area (Å²) in [6.45, 7) is 4.71. The number of amides is 1. The van der Waals surface area contributed by atoms with Gasteiger partial charge in [-0.3, -0.25) is 9.69 Å². The molecule has 4 nitrogen and oxygen atoms in total. The zero-order valence-electron chi connectivity index (χ0n) is 11.2. The first kappa shape index (κ1) is 12.4. The Balaban J connectivity index is 1.53. The molecular weight excluding hydrogens is 226 g/mol. The lowest BCUT2D eigenvalue weighted by molar-refractivity contribution is -0.138. The number of hydrogen-bond acceptors (Lipinski definition) is 3. The van der Waals surface area contributed by atoms with Crippen LogP contribution in [0, 0.1) is 11.8 Å². The van der Waals surface area contributed by atoms with Crippen LogP contribution in [-0.4, -0.2) is 54.5 Å². The van der Waals surface area contributed by atoms with Gasteiger partial charge in [0.1, 0.15) is 0 Å². The van der Waals surface area contributed by atoms with Crippen molar-refractivity contribution in [2.45, 2.75) is 38.1 Å². The number of piperazine rings is 1. The number of rotatable bonds is 3. The molecule has 0 bridgehead atoms. The highest BCUT2D eigenvalue weighted by Crippen LogP contribution is 2.33. The molecule has 102 valence electrons. The highest BCUT2D eigenvalue weighted by atomic mass is 16.2. The van der Waals surface area contributed by atoms with Crippen molar-refractivity contribution in [3.05, 3.63) is 0 Å². The smallest absolute Gasteiger partial charge is 0.226 e. The van der Waals surface area contributed by atoms with Gasteiger partial charge in [-0.2, -0.15) is 0 Å². The van der Waals surface area contributed by atoms with Crippen LogP contribution in [0.4, 0.5) is 0 Å². The Kier molecular flexibility index (Phi) is 3.57. The Bertz CT molecular complexity index is 308. The number of nitrogens with two attached hydrogens (primary N) is 1. The van der Waals surface area contributed by atoms with E-state index in [0.29, 0.717) is 18.4 Å². The lowest BCUT2D eigenvalue weighted by Gasteiger charge is -2.36. The maximum Gasteiger partial charge on any atom is 0.226 e. The fourth-order valence-electron chi connectivity index (χ4n) is 3.63. The molecule has 0 radical (unpaired) electrons. The van der Waals surface area contributed by atoms with Crippen LogP contribution in [0.25, 0.3) is 0 Å². The summed E-state index contributed by atoms with van der Waals surface area (Å²) in [5.74, 6) is 1.06. The lowest BCUT2D eigenvalue weighted by atomic mass is 9.94. The normalized spacial score (nSPS) is 33.9. The number of carbonyl (C=O) groups excluding carboxylic acids is 1. The van der Waals surface area contributed by atoms with Crippen LogP contribution < -0.4 is 5.73 Å². The van der Waals surface area contributed by atoms with Crippen molar-refractivity contribution in [1.82, 2.24) is 9.80 Å². The van der Waals surface area contributed by atoms with Gasteiger partial charge >= 0.3 is 0 Å². The zero-order valence-corrected chi connectivity index (χ0v) is 11.2. The Morgan fingerprint density at radius 2 is 1.78 bits per heavy atom. The van der Waals surface area contributed by atoms with Gasteiger partial charge in [0.25, 0.3) is 0 Å². The monoisotopic (exact) mass is 251 g/mol. The van der Waals surface area contributed by atoms with Crippen LogP contribution in [0.15, 0.2) is 0 Å². The van der Waals surface area contributed by atoms with E-state index in [1.807, 2.05) is 0 Å². The van der Waals surface area contributed by atoms with Gasteiger partial charge in [0.2, 0.25) is 5.91 Å². The van der Waals surface area contributed by atoms with Gasteiger partial charge in [-0.25, -0.2) is 0 Å². The minimum atomic E-state index is 0.225. The zero-order chi connectivity index (χ0) is 12.5. The second-order valence-electron chi connectivity index (χ2n) is 6.13. The molecular formula is C14H25N3O. The van der Waals surface area contributed by atoms with Crippen LogP contribution in [0.5, 0.6) is 0 Å². The predicted octanol–water partition coefficient (Wildman–Crippen LogP) is 0.668. The number of carbonyl (C=O) groups is 1. The third-order valence-electron chi connectivity index (χ3n) is 4.97. The molecule has 0 aromatic carbocycles. The summed E-state index contributed by atoms with van der Waals surface area (Å²) in [4.78, 5) is 17.2. The molecule has 0 spiro atoms. The summed E-state index contributed by atoms with van der Waals surface area (Å²) in [5, 5.41) is 0. The Labute approximate surface area is 109 Å². The maximum atomic E-state index is 12.5. The van der Waals surface area contributed by atoms with Crippen molar-refractivity contribution in [3.8, 4) is 0 Å². The molecule has 1 saturated heterocycles. The van der Waals surface area contributed by atoms with Crippen LogP contribution >= 0.6 is 0 Å².